The van der Waals surface area contributed by atoms with Crippen LogP contribution in [0.2, 0.25) is 0 Å². The van der Waals surface area contributed by atoms with Crippen LogP contribution in [0.15, 0.2) is 42.5 Å². The van der Waals surface area contributed by atoms with Gasteiger partial charge in [-0.1, -0.05) is 12.1 Å². The van der Waals surface area contributed by atoms with Gasteiger partial charge in [0.05, 0.1) is 12.8 Å². The molecule has 0 aliphatic carbocycles. The highest BCUT2D eigenvalue weighted by Gasteiger charge is 2.28. The summed E-state index contributed by atoms with van der Waals surface area (Å²) in [6, 6.07) is 12.5. The summed E-state index contributed by atoms with van der Waals surface area (Å²) in [6.07, 6.45) is 0.633. The van der Waals surface area contributed by atoms with Crippen LogP contribution in [0, 0.1) is 0 Å². The summed E-state index contributed by atoms with van der Waals surface area (Å²) < 4.78 is 16.7. The number of nitrogens with one attached hydrogen (secondary N) is 1. The summed E-state index contributed by atoms with van der Waals surface area (Å²) in [5.74, 6) is 1.48. The zero-order chi connectivity index (χ0) is 18.8. The second kappa shape index (κ2) is 7.19. The third kappa shape index (κ3) is 3.40. The standard InChI is InChI=1S/C20H20N2O5/c1-25-17-11-13(8-9-14(17)22-10-4-7-19(22)23)21-20(24)18-12-26-15-5-2-3-6-16(15)27-18/h2-3,5-6,8-9,11,18H,4,7,10,12H2,1H3,(H,21,24)/t18-/m0/s1. The summed E-state index contributed by atoms with van der Waals surface area (Å²) in [6.45, 7) is 0.813. The van der Waals surface area contributed by atoms with Gasteiger partial charge in [0.1, 0.15) is 12.4 Å². The lowest BCUT2D eigenvalue weighted by molar-refractivity contribution is -0.125. The largest absolute Gasteiger partial charge is 0.494 e. The average molecular weight is 368 g/mol. The minimum Gasteiger partial charge on any atom is -0.494 e. The predicted molar refractivity (Wildman–Crippen MR) is 99.6 cm³/mol. The van der Waals surface area contributed by atoms with Gasteiger partial charge in [-0.05, 0) is 30.7 Å². The smallest absolute Gasteiger partial charge is 0.269 e. The predicted octanol–water partition coefficient (Wildman–Crippen LogP) is 2.60. The van der Waals surface area contributed by atoms with Crippen molar-refractivity contribution >= 4 is 23.2 Å². The Kier molecular flexibility index (Phi) is 4.58. The van der Waals surface area contributed by atoms with Crippen LogP contribution in [-0.2, 0) is 9.59 Å². The third-order valence-electron chi connectivity index (χ3n) is 4.61. The highest BCUT2D eigenvalue weighted by molar-refractivity contribution is 5.98. The topological polar surface area (TPSA) is 77.1 Å². The summed E-state index contributed by atoms with van der Waals surface area (Å²) in [5.41, 5.74) is 1.28. The van der Waals surface area contributed by atoms with E-state index in [1.165, 1.54) is 0 Å². The van der Waals surface area contributed by atoms with Crippen molar-refractivity contribution in [2.24, 2.45) is 0 Å². The Morgan fingerprint density at radius 1 is 1.22 bits per heavy atom. The Hall–Kier alpha value is -3.22. The van der Waals surface area contributed by atoms with Crippen LogP contribution >= 0.6 is 0 Å². The molecule has 2 aromatic carbocycles. The van der Waals surface area contributed by atoms with Crippen LogP contribution in [0.4, 0.5) is 11.4 Å². The number of nitrogens with zero attached hydrogens (tertiary/aromatic N) is 1. The van der Waals surface area contributed by atoms with Gasteiger partial charge in [-0.25, -0.2) is 0 Å². The number of benzene rings is 2. The molecule has 0 spiro atoms. The summed E-state index contributed by atoms with van der Waals surface area (Å²) in [4.78, 5) is 26.2. The van der Waals surface area contributed by atoms with Gasteiger partial charge in [0.2, 0.25) is 12.0 Å². The maximum absolute atomic E-state index is 12.5. The number of carbonyl (C=O) groups excluding carboxylic acids is 2. The molecule has 2 aliphatic rings. The monoisotopic (exact) mass is 368 g/mol. The molecule has 1 fully saturated rings. The van der Waals surface area contributed by atoms with Crippen LogP contribution in [0.25, 0.3) is 0 Å². The fourth-order valence-corrected chi connectivity index (χ4v) is 3.25. The van der Waals surface area contributed by atoms with Gasteiger partial charge in [0, 0.05) is 24.7 Å². The van der Waals surface area contributed by atoms with Crippen molar-refractivity contribution in [3.8, 4) is 17.2 Å². The van der Waals surface area contributed by atoms with Crippen molar-refractivity contribution in [2.75, 3.05) is 30.5 Å². The minimum atomic E-state index is -0.745. The zero-order valence-electron chi connectivity index (χ0n) is 14.9. The van der Waals surface area contributed by atoms with E-state index in [0.29, 0.717) is 41.6 Å². The number of methoxy groups -OCH3 is 1. The molecule has 2 amide bonds. The number of rotatable bonds is 4. The molecule has 140 valence electrons. The molecule has 1 saturated heterocycles. The molecule has 0 bridgehead atoms. The quantitative estimate of drug-likeness (QED) is 0.898. The number of amides is 2. The Balaban J connectivity index is 1.48. The molecule has 2 aliphatic heterocycles. The molecule has 0 radical (unpaired) electrons. The van der Waals surface area contributed by atoms with Gasteiger partial charge in [-0.3, -0.25) is 9.59 Å². The molecule has 2 aromatic rings. The van der Waals surface area contributed by atoms with Gasteiger partial charge in [0.15, 0.2) is 11.5 Å². The van der Waals surface area contributed by atoms with Crippen LogP contribution in [-0.4, -0.2) is 38.2 Å². The van der Waals surface area contributed by atoms with Crippen LogP contribution in [0.1, 0.15) is 12.8 Å². The molecule has 1 N–H and O–H groups in total. The number of hydrogen-bond donors (Lipinski definition) is 1. The van der Waals surface area contributed by atoms with Gasteiger partial charge >= 0.3 is 0 Å². The van der Waals surface area contributed by atoms with E-state index in [-0.39, 0.29) is 18.4 Å². The highest BCUT2D eigenvalue weighted by Crippen LogP contribution is 2.34. The SMILES string of the molecule is COc1cc(NC(=O)[C@@H]2COc3ccccc3O2)ccc1N1CCCC1=O. The molecule has 4 rings (SSSR count). The maximum Gasteiger partial charge on any atom is 0.269 e. The summed E-state index contributed by atoms with van der Waals surface area (Å²) >= 11 is 0. The lowest BCUT2D eigenvalue weighted by atomic mass is 10.2. The molecular formula is C20H20N2O5. The Morgan fingerprint density at radius 3 is 2.78 bits per heavy atom. The molecule has 0 unspecified atom stereocenters. The molecule has 0 saturated carbocycles. The minimum absolute atomic E-state index is 0.0801. The van der Waals surface area contributed by atoms with E-state index in [4.69, 9.17) is 14.2 Å². The second-order valence-corrected chi connectivity index (χ2v) is 6.39. The lowest BCUT2D eigenvalue weighted by Crippen LogP contribution is -2.40. The third-order valence-corrected chi connectivity index (χ3v) is 4.61. The van der Waals surface area contributed by atoms with Crippen molar-refractivity contribution in [2.45, 2.75) is 18.9 Å². The van der Waals surface area contributed by atoms with E-state index in [9.17, 15) is 9.59 Å². The van der Waals surface area contributed by atoms with Gasteiger partial charge in [0.25, 0.3) is 5.91 Å². The van der Waals surface area contributed by atoms with Crippen molar-refractivity contribution in [3.63, 3.8) is 0 Å². The first-order valence-electron chi connectivity index (χ1n) is 8.83. The lowest BCUT2D eigenvalue weighted by Gasteiger charge is -2.25. The molecular weight excluding hydrogens is 348 g/mol. The van der Waals surface area contributed by atoms with E-state index in [2.05, 4.69) is 5.32 Å². The molecule has 2 heterocycles. The molecule has 7 heteroatoms. The number of anilines is 2. The van der Waals surface area contributed by atoms with Gasteiger partial charge in [-0.15, -0.1) is 0 Å². The van der Waals surface area contributed by atoms with Gasteiger partial charge in [-0.2, -0.15) is 0 Å². The van der Waals surface area contributed by atoms with Crippen molar-refractivity contribution in [3.05, 3.63) is 42.5 Å². The maximum atomic E-state index is 12.5. The normalized spacial score (nSPS) is 18.3. The zero-order valence-corrected chi connectivity index (χ0v) is 14.9. The van der Waals surface area contributed by atoms with Crippen molar-refractivity contribution in [1.82, 2.24) is 0 Å². The fraction of sp³-hybridized carbons (Fsp3) is 0.300. The molecule has 7 nitrogen and oxygen atoms in total. The number of carbonyl (C=O) groups is 2. The first-order chi connectivity index (χ1) is 13.2. The van der Waals surface area contributed by atoms with Crippen LogP contribution in [0.5, 0.6) is 17.2 Å². The fourth-order valence-electron chi connectivity index (χ4n) is 3.25. The number of hydrogen-bond acceptors (Lipinski definition) is 5. The number of ether oxygens (including phenoxy) is 3. The van der Waals surface area contributed by atoms with Crippen LogP contribution in [0.3, 0.4) is 0 Å². The van der Waals surface area contributed by atoms with E-state index in [0.717, 1.165) is 6.42 Å². The van der Waals surface area contributed by atoms with E-state index < -0.39 is 6.10 Å². The molecule has 27 heavy (non-hydrogen) atoms. The summed E-state index contributed by atoms with van der Waals surface area (Å²) in [5, 5.41) is 2.82. The first kappa shape index (κ1) is 17.2. The Labute approximate surface area is 156 Å². The summed E-state index contributed by atoms with van der Waals surface area (Å²) in [7, 11) is 1.54. The number of fused-ring (bicyclic) bond motifs is 1. The molecule has 0 aromatic heterocycles. The Bertz CT molecular complexity index is 882. The van der Waals surface area contributed by atoms with Crippen molar-refractivity contribution in [1.29, 1.82) is 0 Å². The number of para-hydroxylation sites is 2. The molecule has 1 atom stereocenters. The Morgan fingerprint density at radius 2 is 2.04 bits per heavy atom. The van der Waals surface area contributed by atoms with E-state index in [1.54, 1.807) is 42.3 Å². The highest BCUT2D eigenvalue weighted by atomic mass is 16.6. The van der Waals surface area contributed by atoms with E-state index in [1.807, 2.05) is 12.1 Å². The van der Waals surface area contributed by atoms with E-state index >= 15 is 0 Å². The second-order valence-electron chi connectivity index (χ2n) is 6.39. The first-order valence-corrected chi connectivity index (χ1v) is 8.83. The van der Waals surface area contributed by atoms with Crippen molar-refractivity contribution < 1.29 is 23.8 Å². The van der Waals surface area contributed by atoms with Gasteiger partial charge < -0.3 is 24.4 Å². The average Bonchev–Trinajstić information content (AvgIpc) is 3.13. The van der Waals surface area contributed by atoms with Crippen LogP contribution < -0.4 is 24.4 Å².